The number of rotatable bonds is 4. The maximum Gasteiger partial charge on any atom is 0.352 e. The van der Waals surface area contributed by atoms with E-state index in [1.54, 1.807) is 6.92 Å². The second kappa shape index (κ2) is 4.93. The molecule has 0 aliphatic heterocycles. The molecule has 6 nitrogen and oxygen atoms in total. The lowest BCUT2D eigenvalue weighted by Gasteiger charge is -2.08. The minimum absolute atomic E-state index is 0.0759. The number of benzene rings is 1. The highest BCUT2D eigenvalue weighted by Gasteiger charge is 2.23. The summed E-state index contributed by atoms with van der Waals surface area (Å²) in [5.74, 6) is -1.17. The van der Waals surface area contributed by atoms with Crippen LogP contribution in [0.2, 0.25) is 0 Å². The number of carboxylic acids is 1. The maximum atomic E-state index is 11.2. The van der Waals surface area contributed by atoms with Gasteiger partial charge in [0.25, 0.3) is 5.69 Å². The van der Waals surface area contributed by atoms with Crippen molar-refractivity contribution in [2.75, 3.05) is 0 Å². The first-order valence-electron chi connectivity index (χ1n) is 5.62. The molecule has 0 fully saturated rings. The lowest BCUT2D eigenvalue weighted by atomic mass is 10.2. The smallest absolute Gasteiger partial charge is 0.352 e. The lowest BCUT2D eigenvalue weighted by molar-refractivity contribution is -0.385. The molecule has 0 amide bonds. The van der Waals surface area contributed by atoms with E-state index in [1.165, 1.54) is 4.57 Å². The second-order valence-electron chi connectivity index (χ2n) is 4.13. The predicted molar refractivity (Wildman–Crippen MR) is 68.3 cm³/mol. The summed E-state index contributed by atoms with van der Waals surface area (Å²) in [7, 11) is 0. The van der Waals surface area contributed by atoms with Gasteiger partial charge in [-0.05, 0) is 12.5 Å². The summed E-state index contributed by atoms with van der Waals surface area (Å²) in [4.78, 5) is 21.5. The van der Waals surface area contributed by atoms with Crippen molar-refractivity contribution in [2.24, 2.45) is 0 Å². The highest BCUT2D eigenvalue weighted by atomic mass is 16.6. The summed E-state index contributed by atoms with van der Waals surface area (Å²) in [6.07, 6.45) is 0. The number of nitrogens with zero attached hydrogens (tertiary/aromatic N) is 2. The van der Waals surface area contributed by atoms with Crippen molar-refractivity contribution >= 4 is 11.7 Å². The molecule has 0 atom stereocenters. The summed E-state index contributed by atoms with van der Waals surface area (Å²) in [6.45, 7) is 1.84. The van der Waals surface area contributed by atoms with E-state index < -0.39 is 10.9 Å². The van der Waals surface area contributed by atoms with Gasteiger partial charge in [0.1, 0.15) is 5.69 Å². The quantitative estimate of drug-likeness (QED) is 0.675. The highest BCUT2D eigenvalue weighted by molar-refractivity contribution is 5.87. The van der Waals surface area contributed by atoms with E-state index in [9.17, 15) is 14.9 Å². The third-order valence-corrected chi connectivity index (χ3v) is 2.94. The zero-order valence-electron chi connectivity index (χ0n) is 10.2. The van der Waals surface area contributed by atoms with Crippen molar-refractivity contribution in [1.82, 2.24) is 4.57 Å². The standard InChI is InChI=1S/C13H12N2O4/c1-9-11(15(18)19)7-12(13(16)17)14(9)8-10-5-3-2-4-6-10/h2-7H,8H2,1H3,(H,16,17). The third kappa shape index (κ3) is 2.47. The summed E-state index contributed by atoms with van der Waals surface area (Å²) >= 11 is 0. The highest BCUT2D eigenvalue weighted by Crippen LogP contribution is 2.24. The van der Waals surface area contributed by atoms with Gasteiger partial charge in [-0.25, -0.2) is 4.79 Å². The Kier molecular flexibility index (Phi) is 3.33. The number of aromatic carboxylic acids is 1. The fraction of sp³-hybridized carbons (Fsp3) is 0.154. The first kappa shape index (κ1) is 12.8. The first-order valence-corrected chi connectivity index (χ1v) is 5.62. The SMILES string of the molecule is Cc1c([N+](=O)[O-])cc(C(=O)O)n1Cc1ccccc1. The van der Waals surface area contributed by atoms with Crippen LogP contribution in [0.4, 0.5) is 5.69 Å². The lowest BCUT2D eigenvalue weighted by Crippen LogP contribution is -2.10. The van der Waals surface area contributed by atoms with Gasteiger partial charge in [-0.3, -0.25) is 10.1 Å². The van der Waals surface area contributed by atoms with Crippen molar-refractivity contribution < 1.29 is 14.8 Å². The zero-order valence-corrected chi connectivity index (χ0v) is 10.2. The molecule has 0 saturated heterocycles. The fourth-order valence-corrected chi connectivity index (χ4v) is 1.96. The first-order chi connectivity index (χ1) is 9.00. The molecule has 0 spiro atoms. The molecule has 0 unspecified atom stereocenters. The van der Waals surface area contributed by atoms with Crippen molar-refractivity contribution in [3.8, 4) is 0 Å². The van der Waals surface area contributed by atoms with Gasteiger partial charge in [-0.1, -0.05) is 30.3 Å². The third-order valence-electron chi connectivity index (χ3n) is 2.94. The maximum absolute atomic E-state index is 11.2. The van der Waals surface area contributed by atoms with Gasteiger partial charge < -0.3 is 9.67 Å². The molecule has 0 saturated carbocycles. The van der Waals surface area contributed by atoms with E-state index in [4.69, 9.17) is 5.11 Å². The Morgan fingerprint density at radius 1 is 1.37 bits per heavy atom. The van der Waals surface area contributed by atoms with E-state index in [0.717, 1.165) is 11.6 Å². The average Bonchev–Trinajstić information content (AvgIpc) is 2.69. The summed E-state index contributed by atoms with van der Waals surface area (Å²) in [5.41, 5.74) is 0.978. The Bertz CT molecular complexity index is 632. The van der Waals surface area contributed by atoms with E-state index in [1.807, 2.05) is 30.3 Å². The molecule has 98 valence electrons. The molecule has 2 rings (SSSR count). The van der Waals surface area contributed by atoms with Crippen LogP contribution in [0.15, 0.2) is 36.4 Å². The van der Waals surface area contributed by atoms with E-state index in [0.29, 0.717) is 12.2 Å². The molecule has 1 aromatic carbocycles. The van der Waals surface area contributed by atoms with Crippen LogP contribution >= 0.6 is 0 Å². The Labute approximate surface area is 109 Å². The largest absolute Gasteiger partial charge is 0.477 e. The van der Waals surface area contributed by atoms with Crippen LogP contribution in [-0.4, -0.2) is 20.6 Å². The summed E-state index contributed by atoms with van der Waals surface area (Å²) < 4.78 is 1.44. The Morgan fingerprint density at radius 2 is 2.00 bits per heavy atom. The van der Waals surface area contributed by atoms with Crippen LogP contribution in [-0.2, 0) is 6.54 Å². The second-order valence-corrected chi connectivity index (χ2v) is 4.13. The molecule has 2 aromatic rings. The Balaban J connectivity index is 2.49. The van der Waals surface area contributed by atoms with Gasteiger partial charge in [0.15, 0.2) is 0 Å². The van der Waals surface area contributed by atoms with Gasteiger partial charge in [0, 0.05) is 12.6 Å². The summed E-state index contributed by atoms with van der Waals surface area (Å²) in [5, 5.41) is 20.0. The fourth-order valence-electron chi connectivity index (χ4n) is 1.96. The van der Waals surface area contributed by atoms with Gasteiger partial charge in [-0.2, -0.15) is 0 Å². The van der Waals surface area contributed by atoms with E-state index in [2.05, 4.69) is 0 Å². The van der Waals surface area contributed by atoms with Crippen LogP contribution in [0.3, 0.4) is 0 Å². The molecular weight excluding hydrogens is 248 g/mol. The summed E-state index contributed by atoms with van der Waals surface area (Å²) in [6, 6.07) is 10.3. The van der Waals surface area contributed by atoms with Gasteiger partial charge in [0.05, 0.1) is 10.6 Å². The molecule has 1 heterocycles. The molecule has 1 aromatic heterocycles. The van der Waals surface area contributed by atoms with E-state index >= 15 is 0 Å². The van der Waals surface area contributed by atoms with Crippen molar-refractivity contribution in [3.05, 3.63) is 63.5 Å². The number of nitro groups is 1. The number of carboxylic acid groups (broad SMARTS) is 1. The van der Waals surface area contributed by atoms with Crippen LogP contribution in [0, 0.1) is 17.0 Å². The Morgan fingerprint density at radius 3 is 2.53 bits per heavy atom. The average molecular weight is 260 g/mol. The molecule has 6 heteroatoms. The monoisotopic (exact) mass is 260 g/mol. The van der Waals surface area contributed by atoms with Crippen molar-refractivity contribution in [1.29, 1.82) is 0 Å². The Hall–Kier alpha value is -2.63. The molecule has 0 radical (unpaired) electrons. The van der Waals surface area contributed by atoms with Crippen LogP contribution < -0.4 is 0 Å². The van der Waals surface area contributed by atoms with Crippen LogP contribution in [0.5, 0.6) is 0 Å². The zero-order chi connectivity index (χ0) is 14.0. The molecule has 0 aliphatic carbocycles. The number of hydrogen-bond donors (Lipinski definition) is 1. The topological polar surface area (TPSA) is 85.4 Å². The minimum atomic E-state index is -1.17. The van der Waals surface area contributed by atoms with E-state index in [-0.39, 0.29) is 11.4 Å². The molecule has 19 heavy (non-hydrogen) atoms. The molecule has 0 bridgehead atoms. The predicted octanol–water partition coefficient (Wildman–Crippen LogP) is 2.45. The molecular formula is C13H12N2O4. The van der Waals surface area contributed by atoms with Crippen LogP contribution in [0.25, 0.3) is 0 Å². The van der Waals surface area contributed by atoms with Crippen LogP contribution in [0.1, 0.15) is 21.7 Å². The number of hydrogen-bond acceptors (Lipinski definition) is 3. The number of aromatic nitrogens is 1. The normalized spacial score (nSPS) is 10.4. The molecule has 0 aliphatic rings. The molecule has 1 N–H and O–H groups in total. The van der Waals surface area contributed by atoms with Crippen molar-refractivity contribution in [2.45, 2.75) is 13.5 Å². The minimum Gasteiger partial charge on any atom is -0.477 e. The van der Waals surface area contributed by atoms with Gasteiger partial charge in [-0.15, -0.1) is 0 Å². The van der Waals surface area contributed by atoms with Crippen molar-refractivity contribution in [3.63, 3.8) is 0 Å². The van der Waals surface area contributed by atoms with Gasteiger partial charge in [0.2, 0.25) is 0 Å². The van der Waals surface area contributed by atoms with Gasteiger partial charge >= 0.3 is 5.97 Å². The number of carbonyl (C=O) groups is 1.